The second-order valence-corrected chi connectivity index (χ2v) is 4.20. The van der Waals surface area contributed by atoms with Crippen LogP contribution in [0.5, 0.6) is 0 Å². The number of hydrogen-bond donors (Lipinski definition) is 2. The lowest BCUT2D eigenvalue weighted by molar-refractivity contribution is -0.0969. The molecule has 0 saturated carbocycles. The number of anilines is 2. The summed E-state index contributed by atoms with van der Waals surface area (Å²) in [6.45, 7) is 0.972. The highest BCUT2D eigenvalue weighted by atomic mass is 16.7. The largest absolute Gasteiger partial charge is 0.453 e. The van der Waals surface area contributed by atoms with Crippen LogP contribution in [0.2, 0.25) is 0 Å². The number of nitrogens with two attached hydrogens (primary N) is 1. The Labute approximate surface area is 109 Å². The van der Waals surface area contributed by atoms with Crippen molar-refractivity contribution in [3.63, 3.8) is 0 Å². The van der Waals surface area contributed by atoms with Crippen molar-refractivity contribution in [2.75, 3.05) is 31.4 Å². The topological polar surface area (TPSA) is 95.2 Å². The molecule has 1 spiro atoms. The van der Waals surface area contributed by atoms with Crippen LogP contribution in [0.15, 0.2) is 17.1 Å². The van der Waals surface area contributed by atoms with Crippen LogP contribution < -0.4 is 11.1 Å². The van der Waals surface area contributed by atoms with Gasteiger partial charge in [0.15, 0.2) is 0 Å². The normalized spacial score (nSPS) is 18.6. The fourth-order valence-electron chi connectivity index (χ4n) is 2.20. The number of nitrogens with zero attached hydrogens (tertiary/aromatic N) is 1. The Morgan fingerprint density at radius 3 is 2.89 bits per heavy atom. The summed E-state index contributed by atoms with van der Waals surface area (Å²) in [7, 11) is 1.29. The summed E-state index contributed by atoms with van der Waals surface area (Å²) >= 11 is 0. The minimum atomic E-state index is -0.975. The molecule has 0 aromatic heterocycles. The van der Waals surface area contributed by atoms with Crippen LogP contribution in [0.25, 0.3) is 0 Å². The molecular formula is C12H13N3O4. The van der Waals surface area contributed by atoms with Crippen LogP contribution in [-0.4, -0.2) is 32.6 Å². The molecule has 2 aliphatic heterocycles. The number of amides is 1. The van der Waals surface area contributed by atoms with Gasteiger partial charge in [0.05, 0.1) is 37.9 Å². The van der Waals surface area contributed by atoms with Gasteiger partial charge in [-0.05, 0) is 12.1 Å². The minimum absolute atomic E-state index is 0.467. The highest BCUT2D eigenvalue weighted by molar-refractivity contribution is 5.96. The van der Waals surface area contributed by atoms with Crippen molar-refractivity contribution in [3.05, 3.63) is 17.7 Å². The summed E-state index contributed by atoms with van der Waals surface area (Å²) in [4.78, 5) is 15.6. The number of fused-ring (bicyclic) bond motifs is 2. The number of rotatable bonds is 1. The molecule has 0 unspecified atom stereocenters. The maximum absolute atomic E-state index is 11.3. The zero-order valence-electron chi connectivity index (χ0n) is 10.3. The first-order chi connectivity index (χ1) is 9.14. The molecule has 1 aromatic rings. The van der Waals surface area contributed by atoms with E-state index in [4.69, 9.17) is 15.2 Å². The average molecular weight is 263 g/mol. The third-order valence-corrected chi connectivity index (χ3v) is 3.01. The Morgan fingerprint density at radius 2 is 2.21 bits per heavy atom. The number of aliphatic imine (C=N–C) groups is 1. The maximum Gasteiger partial charge on any atom is 0.411 e. The monoisotopic (exact) mass is 263 g/mol. The Balaban J connectivity index is 2.05. The van der Waals surface area contributed by atoms with E-state index in [0.29, 0.717) is 35.8 Å². The third kappa shape index (κ3) is 1.83. The summed E-state index contributed by atoms with van der Waals surface area (Å²) in [5, 5.41) is 2.57. The smallest absolute Gasteiger partial charge is 0.411 e. The van der Waals surface area contributed by atoms with E-state index in [9.17, 15) is 4.79 Å². The van der Waals surface area contributed by atoms with Crippen molar-refractivity contribution in [1.82, 2.24) is 0 Å². The van der Waals surface area contributed by atoms with Gasteiger partial charge in [0, 0.05) is 11.3 Å². The lowest BCUT2D eigenvalue weighted by Gasteiger charge is -2.20. The molecule has 0 aliphatic carbocycles. The molecule has 3 N–H and O–H groups in total. The molecule has 2 heterocycles. The van der Waals surface area contributed by atoms with E-state index in [0.717, 1.165) is 0 Å². The van der Waals surface area contributed by atoms with Gasteiger partial charge in [-0.3, -0.25) is 10.3 Å². The average Bonchev–Trinajstić information content (AvgIpc) is 2.99. The zero-order chi connectivity index (χ0) is 13.5. The lowest BCUT2D eigenvalue weighted by Crippen LogP contribution is -2.26. The fourth-order valence-corrected chi connectivity index (χ4v) is 2.20. The summed E-state index contributed by atoms with van der Waals surface area (Å²) in [6.07, 6.45) is 0.990. The van der Waals surface area contributed by atoms with Gasteiger partial charge in [0.1, 0.15) is 0 Å². The summed E-state index contributed by atoms with van der Waals surface area (Å²) < 4.78 is 15.8. The van der Waals surface area contributed by atoms with Gasteiger partial charge in [-0.1, -0.05) is 0 Å². The number of benzene rings is 1. The molecule has 100 valence electrons. The zero-order valence-corrected chi connectivity index (χ0v) is 10.3. The van der Waals surface area contributed by atoms with E-state index < -0.39 is 11.9 Å². The SMILES string of the molecule is COC(=O)Nc1cc(N)cc2c1N=CC21OCCO1. The van der Waals surface area contributed by atoms with Crippen LogP contribution in [0.1, 0.15) is 5.56 Å². The molecule has 1 aromatic carbocycles. The van der Waals surface area contributed by atoms with E-state index in [1.54, 1.807) is 18.3 Å². The number of carbonyl (C=O) groups excluding carboxylic acids is 1. The molecule has 19 heavy (non-hydrogen) atoms. The van der Waals surface area contributed by atoms with Gasteiger partial charge in [-0.15, -0.1) is 0 Å². The van der Waals surface area contributed by atoms with Crippen molar-refractivity contribution >= 4 is 29.4 Å². The van der Waals surface area contributed by atoms with Crippen molar-refractivity contribution in [3.8, 4) is 0 Å². The van der Waals surface area contributed by atoms with Crippen molar-refractivity contribution < 1.29 is 19.0 Å². The van der Waals surface area contributed by atoms with Crippen LogP contribution in [0.3, 0.4) is 0 Å². The first-order valence-corrected chi connectivity index (χ1v) is 5.77. The van der Waals surface area contributed by atoms with Crippen LogP contribution in [0, 0.1) is 0 Å². The number of methoxy groups -OCH3 is 1. The van der Waals surface area contributed by atoms with Crippen molar-refractivity contribution in [2.24, 2.45) is 4.99 Å². The van der Waals surface area contributed by atoms with E-state index >= 15 is 0 Å². The van der Waals surface area contributed by atoms with E-state index in [1.807, 2.05) is 0 Å². The van der Waals surface area contributed by atoms with Crippen LogP contribution >= 0.6 is 0 Å². The predicted octanol–water partition coefficient (Wildman–Crippen LogP) is 1.36. The molecule has 7 heteroatoms. The Kier molecular flexibility index (Phi) is 2.65. The van der Waals surface area contributed by atoms with Gasteiger partial charge >= 0.3 is 6.09 Å². The second-order valence-electron chi connectivity index (χ2n) is 4.20. The van der Waals surface area contributed by atoms with Crippen molar-refractivity contribution in [1.29, 1.82) is 0 Å². The van der Waals surface area contributed by atoms with Gasteiger partial charge in [0.2, 0.25) is 5.79 Å². The molecule has 3 rings (SSSR count). The van der Waals surface area contributed by atoms with Crippen LogP contribution in [0.4, 0.5) is 21.9 Å². The molecule has 1 amide bonds. The lowest BCUT2D eigenvalue weighted by atomic mass is 10.0. The van der Waals surface area contributed by atoms with E-state index in [-0.39, 0.29) is 0 Å². The molecule has 0 bridgehead atoms. The maximum atomic E-state index is 11.3. The standard InChI is InChI=1S/C12H13N3O4/c1-17-11(16)15-9-5-7(13)4-8-10(9)14-6-12(8)18-2-3-19-12/h4-6H,2-3,13H2,1H3,(H,15,16). The Bertz CT molecular complexity index is 564. The van der Waals surface area contributed by atoms with E-state index in [2.05, 4.69) is 15.0 Å². The van der Waals surface area contributed by atoms with Gasteiger partial charge < -0.3 is 19.9 Å². The molecule has 1 fully saturated rings. The first kappa shape index (κ1) is 11.9. The molecule has 7 nitrogen and oxygen atoms in total. The number of nitrogen functional groups attached to an aromatic ring is 1. The number of hydrogen-bond acceptors (Lipinski definition) is 6. The number of nitrogens with one attached hydrogen (secondary N) is 1. The molecule has 0 atom stereocenters. The Morgan fingerprint density at radius 1 is 1.47 bits per heavy atom. The van der Waals surface area contributed by atoms with Crippen LogP contribution in [-0.2, 0) is 20.0 Å². The molecule has 2 aliphatic rings. The van der Waals surface area contributed by atoms with Gasteiger partial charge in [-0.25, -0.2) is 4.79 Å². The summed E-state index contributed by atoms with van der Waals surface area (Å²) in [6, 6.07) is 3.34. The first-order valence-electron chi connectivity index (χ1n) is 5.77. The minimum Gasteiger partial charge on any atom is -0.453 e. The quantitative estimate of drug-likeness (QED) is 0.746. The molecule has 1 saturated heterocycles. The Hall–Kier alpha value is -2.12. The van der Waals surface area contributed by atoms with E-state index in [1.165, 1.54) is 7.11 Å². The van der Waals surface area contributed by atoms with Gasteiger partial charge in [-0.2, -0.15) is 0 Å². The summed E-state index contributed by atoms with van der Waals surface area (Å²) in [5.74, 6) is -0.975. The highest BCUT2D eigenvalue weighted by Gasteiger charge is 2.43. The molecular weight excluding hydrogens is 250 g/mol. The van der Waals surface area contributed by atoms with Crippen molar-refractivity contribution in [2.45, 2.75) is 5.79 Å². The number of carbonyl (C=O) groups is 1. The fraction of sp³-hybridized carbons (Fsp3) is 0.333. The number of ether oxygens (including phenoxy) is 3. The highest BCUT2D eigenvalue weighted by Crippen LogP contribution is 2.46. The molecule has 0 radical (unpaired) electrons. The predicted molar refractivity (Wildman–Crippen MR) is 68.6 cm³/mol. The van der Waals surface area contributed by atoms with Gasteiger partial charge in [0.25, 0.3) is 0 Å². The second kappa shape index (κ2) is 4.22. The summed E-state index contributed by atoms with van der Waals surface area (Å²) in [5.41, 5.74) is 8.05. The third-order valence-electron chi connectivity index (χ3n) is 3.01.